The highest BCUT2D eigenvalue weighted by Gasteiger charge is 2.34. The predicted octanol–water partition coefficient (Wildman–Crippen LogP) is 2.01. The van der Waals surface area contributed by atoms with E-state index in [-0.39, 0.29) is 0 Å². The first kappa shape index (κ1) is 7.13. The molecule has 0 aromatic heterocycles. The molecule has 2 nitrogen and oxygen atoms in total. The molecule has 0 N–H and O–H groups in total. The van der Waals surface area contributed by atoms with Gasteiger partial charge in [0.1, 0.15) is 11.9 Å². The molecule has 0 radical (unpaired) electrons. The molecule has 0 amide bonds. The van der Waals surface area contributed by atoms with E-state index in [0.29, 0.717) is 12.0 Å². The van der Waals surface area contributed by atoms with Crippen molar-refractivity contribution in [3.63, 3.8) is 0 Å². The Morgan fingerprint density at radius 3 is 3.23 bits per heavy atom. The number of aliphatic imine (C=N–C) groups is 1. The summed E-state index contributed by atoms with van der Waals surface area (Å²) in [6, 6.07) is 8.32. The van der Waals surface area contributed by atoms with Crippen molar-refractivity contribution in [2.24, 2.45) is 4.99 Å². The first-order chi connectivity index (χ1) is 6.45. The lowest BCUT2D eigenvalue weighted by molar-refractivity contribution is 0.212. The van der Waals surface area contributed by atoms with E-state index < -0.39 is 0 Å². The molecule has 66 valence electrons. The molecule has 0 fully saturated rings. The molecule has 2 heterocycles. The zero-order chi connectivity index (χ0) is 8.67. The van der Waals surface area contributed by atoms with Gasteiger partial charge in [-0.05, 0) is 18.7 Å². The van der Waals surface area contributed by atoms with Gasteiger partial charge in [0, 0.05) is 11.5 Å². The van der Waals surface area contributed by atoms with Crippen molar-refractivity contribution >= 4 is 6.21 Å². The van der Waals surface area contributed by atoms with Crippen LogP contribution in [0.2, 0.25) is 0 Å². The fourth-order valence-corrected chi connectivity index (χ4v) is 2.15. The van der Waals surface area contributed by atoms with Crippen molar-refractivity contribution in [1.82, 2.24) is 0 Å². The standard InChI is InChI=1S/C11H11NO/c1-2-4-10-8(3-1)9-5-6-12-7-11(9)13-10/h1-4,6,9,11H,5,7H2. The third-order valence-electron chi connectivity index (χ3n) is 2.82. The van der Waals surface area contributed by atoms with E-state index in [1.165, 1.54) is 5.56 Å². The molecule has 0 spiro atoms. The van der Waals surface area contributed by atoms with Crippen LogP contribution in [0.3, 0.4) is 0 Å². The van der Waals surface area contributed by atoms with Gasteiger partial charge in [-0.3, -0.25) is 4.99 Å². The van der Waals surface area contributed by atoms with E-state index in [0.717, 1.165) is 18.7 Å². The number of nitrogens with zero attached hydrogens (tertiary/aromatic N) is 1. The Morgan fingerprint density at radius 2 is 2.23 bits per heavy atom. The van der Waals surface area contributed by atoms with Crippen molar-refractivity contribution in [3.05, 3.63) is 29.8 Å². The fourth-order valence-electron chi connectivity index (χ4n) is 2.15. The van der Waals surface area contributed by atoms with Crippen LogP contribution in [0.25, 0.3) is 0 Å². The highest BCUT2D eigenvalue weighted by atomic mass is 16.5. The smallest absolute Gasteiger partial charge is 0.125 e. The fraction of sp³-hybridized carbons (Fsp3) is 0.364. The van der Waals surface area contributed by atoms with Crippen molar-refractivity contribution in [2.75, 3.05) is 6.54 Å². The lowest BCUT2D eigenvalue weighted by Crippen LogP contribution is -2.25. The van der Waals surface area contributed by atoms with E-state index in [1.54, 1.807) is 0 Å². The van der Waals surface area contributed by atoms with Gasteiger partial charge in [0.25, 0.3) is 0 Å². The van der Waals surface area contributed by atoms with Crippen LogP contribution in [0.15, 0.2) is 29.3 Å². The van der Waals surface area contributed by atoms with Crippen molar-refractivity contribution in [1.29, 1.82) is 0 Å². The largest absolute Gasteiger partial charge is 0.488 e. The number of hydrogen-bond donors (Lipinski definition) is 0. The molecular formula is C11H11NO. The Balaban J connectivity index is 2.05. The van der Waals surface area contributed by atoms with Crippen molar-refractivity contribution in [2.45, 2.75) is 18.4 Å². The summed E-state index contributed by atoms with van der Waals surface area (Å²) >= 11 is 0. The molecule has 0 aliphatic carbocycles. The predicted molar refractivity (Wildman–Crippen MR) is 51.6 cm³/mol. The molecule has 3 rings (SSSR count). The number of fused-ring (bicyclic) bond motifs is 3. The molecule has 1 aromatic rings. The summed E-state index contributed by atoms with van der Waals surface area (Å²) in [7, 11) is 0. The molecule has 2 aliphatic rings. The van der Waals surface area contributed by atoms with E-state index >= 15 is 0 Å². The topological polar surface area (TPSA) is 21.6 Å². The number of ether oxygens (including phenoxy) is 1. The molecule has 1 aromatic carbocycles. The SMILES string of the molecule is C1=NCC2Oc3ccccc3C2C1. The molecule has 2 atom stereocenters. The summed E-state index contributed by atoms with van der Waals surface area (Å²) in [5.74, 6) is 1.61. The minimum atomic E-state index is 0.294. The Bertz CT molecular complexity index is 359. The second kappa shape index (κ2) is 2.59. The summed E-state index contributed by atoms with van der Waals surface area (Å²) < 4.78 is 5.80. The zero-order valence-electron chi connectivity index (χ0n) is 7.31. The van der Waals surface area contributed by atoms with Gasteiger partial charge in [-0.1, -0.05) is 18.2 Å². The lowest BCUT2D eigenvalue weighted by Gasteiger charge is -2.18. The van der Waals surface area contributed by atoms with Gasteiger partial charge in [-0.15, -0.1) is 0 Å². The quantitative estimate of drug-likeness (QED) is 0.588. The Labute approximate surface area is 77.3 Å². The number of hydrogen-bond acceptors (Lipinski definition) is 2. The van der Waals surface area contributed by atoms with Gasteiger partial charge >= 0.3 is 0 Å². The van der Waals surface area contributed by atoms with Crippen LogP contribution in [-0.2, 0) is 0 Å². The Morgan fingerprint density at radius 1 is 1.31 bits per heavy atom. The molecule has 2 unspecified atom stereocenters. The molecule has 13 heavy (non-hydrogen) atoms. The highest BCUT2D eigenvalue weighted by Crippen LogP contribution is 2.40. The summed E-state index contributed by atoms with van der Waals surface area (Å²) in [5.41, 5.74) is 1.36. The molecular weight excluding hydrogens is 162 g/mol. The third kappa shape index (κ3) is 0.981. The first-order valence-electron chi connectivity index (χ1n) is 4.69. The van der Waals surface area contributed by atoms with Gasteiger partial charge in [0.2, 0.25) is 0 Å². The van der Waals surface area contributed by atoms with E-state index in [2.05, 4.69) is 17.1 Å². The van der Waals surface area contributed by atoms with Gasteiger partial charge in [0.15, 0.2) is 0 Å². The molecule has 0 saturated carbocycles. The van der Waals surface area contributed by atoms with Crippen LogP contribution >= 0.6 is 0 Å². The molecule has 2 aliphatic heterocycles. The maximum atomic E-state index is 5.80. The summed E-state index contributed by atoms with van der Waals surface area (Å²) in [6.07, 6.45) is 3.34. The highest BCUT2D eigenvalue weighted by molar-refractivity contribution is 5.62. The summed E-state index contributed by atoms with van der Waals surface area (Å²) in [5, 5.41) is 0. The monoisotopic (exact) mass is 173 g/mol. The van der Waals surface area contributed by atoms with Gasteiger partial charge in [-0.25, -0.2) is 0 Å². The lowest BCUT2D eigenvalue weighted by atomic mass is 9.91. The maximum Gasteiger partial charge on any atom is 0.125 e. The van der Waals surface area contributed by atoms with Crippen LogP contribution in [0, 0.1) is 0 Å². The van der Waals surface area contributed by atoms with Gasteiger partial charge in [0.05, 0.1) is 6.54 Å². The second-order valence-electron chi connectivity index (χ2n) is 3.58. The number of benzene rings is 1. The van der Waals surface area contributed by atoms with E-state index in [9.17, 15) is 0 Å². The number of para-hydroxylation sites is 1. The Kier molecular flexibility index (Phi) is 1.42. The number of rotatable bonds is 0. The summed E-state index contributed by atoms with van der Waals surface area (Å²) in [6.45, 7) is 0.819. The second-order valence-corrected chi connectivity index (χ2v) is 3.58. The van der Waals surface area contributed by atoms with Gasteiger partial charge in [-0.2, -0.15) is 0 Å². The maximum absolute atomic E-state index is 5.80. The molecule has 0 saturated heterocycles. The van der Waals surface area contributed by atoms with E-state index in [4.69, 9.17) is 4.74 Å². The van der Waals surface area contributed by atoms with Crippen molar-refractivity contribution < 1.29 is 4.74 Å². The Hall–Kier alpha value is -1.31. The normalized spacial score (nSPS) is 29.2. The average Bonchev–Trinajstić information content (AvgIpc) is 2.56. The minimum absolute atomic E-state index is 0.294. The first-order valence-corrected chi connectivity index (χ1v) is 4.69. The third-order valence-corrected chi connectivity index (χ3v) is 2.82. The average molecular weight is 173 g/mol. The summed E-state index contributed by atoms with van der Waals surface area (Å²) in [4.78, 5) is 4.25. The zero-order valence-corrected chi connectivity index (χ0v) is 7.31. The van der Waals surface area contributed by atoms with Crippen LogP contribution in [0.5, 0.6) is 5.75 Å². The van der Waals surface area contributed by atoms with Crippen LogP contribution in [0.4, 0.5) is 0 Å². The van der Waals surface area contributed by atoms with Crippen molar-refractivity contribution in [3.8, 4) is 5.75 Å². The minimum Gasteiger partial charge on any atom is -0.488 e. The molecule has 2 heteroatoms. The molecule has 0 bridgehead atoms. The van der Waals surface area contributed by atoms with E-state index in [1.807, 2.05) is 18.3 Å². The van der Waals surface area contributed by atoms with Crippen LogP contribution in [-0.4, -0.2) is 18.9 Å². The van der Waals surface area contributed by atoms with Crippen LogP contribution < -0.4 is 4.74 Å². The van der Waals surface area contributed by atoms with Gasteiger partial charge < -0.3 is 4.74 Å². The van der Waals surface area contributed by atoms with Crippen LogP contribution in [0.1, 0.15) is 17.9 Å².